The smallest absolute Gasteiger partial charge is 0.244 e. The van der Waals surface area contributed by atoms with Crippen LogP contribution in [-0.4, -0.2) is 47.1 Å². The number of carbonyl (C=O) groups is 1. The first-order valence-electron chi connectivity index (χ1n) is 11.7. The number of para-hydroxylation sites is 1. The Balaban J connectivity index is 1.17. The number of benzene rings is 2. The molecule has 2 heterocycles. The van der Waals surface area contributed by atoms with Crippen LogP contribution in [0.15, 0.2) is 60.8 Å². The molecule has 0 unspecified atom stereocenters. The number of fused-ring (bicyclic) bond motifs is 1. The van der Waals surface area contributed by atoms with Crippen LogP contribution in [0.25, 0.3) is 17.0 Å². The number of aromatic hydroxyl groups is 1. The van der Waals surface area contributed by atoms with E-state index in [9.17, 15) is 9.90 Å². The van der Waals surface area contributed by atoms with Crippen LogP contribution < -0.4 is 5.32 Å². The first kappa shape index (κ1) is 22.9. The average molecular weight is 444 g/mol. The number of hydrogen-bond donors (Lipinski definition) is 3. The number of phenols is 1. The lowest BCUT2D eigenvalue weighted by Crippen LogP contribution is -2.38. The van der Waals surface area contributed by atoms with Crippen molar-refractivity contribution in [3.63, 3.8) is 0 Å². The van der Waals surface area contributed by atoms with Gasteiger partial charge in [0.2, 0.25) is 5.91 Å². The lowest BCUT2D eigenvalue weighted by molar-refractivity contribution is -0.116. The number of likely N-dealkylation sites (tertiary alicyclic amines) is 1. The molecule has 4 rings (SSSR count). The number of nitrogens with zero attached hydrogens (tertiary/aromatic N) is 1. The molecule has 0 aliphatic carbocycles. The zero-order valence-electron chi connectivity index (χ0n) is 19.5. The van der Waals surface area contributed by atoms with E-state index in [1.807, 2.05) is 38.1 Å². The minimum atomic E-state index is -0.0774. The molecule has 5 nitrogen and oxygen atoms in total. The van der Waals surface area contributed by atoms with Crippen molar-refractivity contribution in [2.75, 3.05) is 26.2 Å². The molecule has 3 N–H and O–H groups in total. The largest absolute Gasteiger partial charge is 0.507 e. The normalized spacial score (nSPS) is 15.7. The van der Waals surface area contributed by atoms with Gasteiger partial charge in [-0.05, 0) is 86.1 Å². The van der Waals surface area contributed by atoms with E-state index in [1.165, 1.54) is 16.5 Å². The van der Waals surface area contributed by atoms with Crippen LogP contribution in [0.2, 0.25) is 0 Å². The number of H-pyrrole nitrogens is 1. The zero-order valence-corrected chi connectivity index (χ0v) is 19.5. The molecule has 0 atom stereocenters. The number of amides is 1. The van der Waals surface area contributed by atoms with E-state index in [0.29, 0.717) is 18.2 Å². The highest BCUT2D eigenvalue weighted by Crippen LogP contribution is 2.32. The minimum absolute atomic E-state index is 0.0774. The monoisotopic (exact) mass is 443 g/mol. The SMILES string of the molecule is Cc1cc(/C=C/C=C/C(=O)NCCN2CCC(c3c[nH]c4ccccc34)CC2)cc(C)c1O. The van der Waals surface area contributed by atoms with Gasteiger partial charge in [-0.3, -0.25) is 4.79 Å². The van der Waals surface area contributed by atoms with Crippen molar-refractivity contribution in [2.24, 2.45) is 0 Å². The summed E-state index contributed by atoms with van der Waals surface area (Å²) in [5.74, 6) is 0.860. The van der Waals surface area contributed by atoms with Crippen LogP contribution in [0.4, 0.5) is 0 Å². The Morgan fingerprint density at radius 1 is 1.15 bits per heavy atom. The number of nitrogens with one attached hydrogen (secondary N) is 2. The molecule has 1 amide bonds. The summed E-state index contributed by atoms with van der Waals surface area (Å²) in [5, 5.41) is 14.2. The Bertz CT molecular complexity index is 1140. The molecule has 1 saturated heterocycles. The van der Waals surface area contributed by atoms with E-state index in [1.54, 1.807) is 12.2 Å². The van der Waals surface area contributed by atoms with Crippen LogP contribution in [-0.2, 0) is 4.79 Å². The predicted molar refractivity (Wildman–Crippen MR) is 135 cm³/mol. The van der Waals surface area contributed by atoms with Gasteiger partial charge in [-0.15, -0.1) is 0 Å². The van der Waals surface area contributed by atoms with Crippen molar-refractivity contribution in [3.05, 3.63) is 83.1 Å². The Morgan fingerprint density at radius 2 is 1.88 bits per heavy atom. The maximum Gasteiger partial charge on any atom is 0.244 e. The molecule has 5 heteroatoms. The van der Waals surface area contributed by atoms with Crippen LogP contribution >= 0.6 is 0 Å². The molecule has 0 radical (unpaired) electrons. The molecule has 1 fully saturated rings. The van der Waals surface area contributed by atoms with Crippen molar-refractivity contribution >= 4 is 22.9 Å². The fraction of sp³-hybridized carbons (Fsp3) is 0.321. The van der Waals surface area contributed by atoms with E-state index >= 15 is 0 Å². The number of carbonyl (C=O) groups excluding carboxylic acids is 1. The topological polar surface area (TPSA) is 68.4 Å². The highest BCUT2D eigenvalue weighted by Gasteiger charge is 2.22. The van der Waals surface area contributed by atoms with Crippen LogP contribution in [0.5, 0.6) is 5.75 Å². The number of aryl methyl sites for hydroxylation is 2. The Hall–Kier alpha value is -3.31. The second-order valence-electron chi connectivity index (χ2n) is 8.92. The molecule has 1 aliphatic rings. The lowest BCUT2D eigenvalue weighted by Gasteiger charge is -2.31. The number of rotatable bonds is 7. The molecule has 1 aliphatic heterocycles. The van der Waals surface area contributed by atoms with E-state index in [4.69, 9.17) is 0 Å². The molecule has 2 aromatic carbocycles. The number of phenolic OH excluding ortho intramolecular Hbond substituents is 1. The summed E-state index contributed by atoms with van der Waals surface area (Å²) in [5.41, 5.74) is 5.36. The first-order chi connectivity index (χ1) is 16.0. The van der Waals surface area contributed by atoms with Gasteiger partial charge >= 0.3 is 0 Å². The van der Waals surface area contributed by atoms with Gasteiger partial charge in [0.15, 0.2) is 0 Å². The molecule has 3 aromatic rings. The zero-order chi connectivity index (χ0) is 23.2. The summed E-state index contributed by atoms with van der Waals surface area (Å²) in [6, 6.07) is 12.4. The number of hydrogen-bond acceptors (Lipinski definition) is 3. The molecule has 1 aromatic heterocycles. The van der Waals surface area contributed by atoms with Crippen molar-refractivity contribution in [1.29, 1.82) is 0 Å². The number of aromatic nitrogens is 1. The van der Waals surface area contributed by atoms with Gasteiger partial charge in [0.25, 0.3) is 0 Å². The quantitative estimate of drug-likeness (QED) is 0.353. The first-order valence-corrected chi connectivity index (χ1v) is 11.7. The maximum atomic E-state index is 12.1. The van der Waals surface area contributed by atoms with Crippen molar-refractivity contribution in [1.82, 2.24) is 15.2 Å². The molecular formula is C28H33N3O2. The van der Waals surface area contributed by atoms with E-state index in [-0.39, 0.29) is 5.91 Å². The average Bonchev–Trinajstić information content (AvgIpc) is 3.25. The predicted octanol–water partition coefficient (Wildman–Crippen LogP) is 5.06. The molecule has 0 saturated carbocycles. The third kappa shape index (κ3) is 5.74. The number of piperidine rings is 1. The van der Waals surface area contributed by atoms with Crippen molar-refractivity contribution in [3.8, 4) is 5.75 Å². The summed E-state index contributed by atoms with van der Waals surface area (Å²) < 4.78 is 0. The van der Waals surface area contributed by atoms with Gasteiger partial charge in [-0.1, -0.05) is 36.4 Å². The van der Waals surface area contributed by atoms with E-state index in [2.05, 4.69) is 45.7 Å². The second-order valence-corrected chi connectivity index (χ2v) is 8.92. The fourth-order valence-electron chi connectivity index (χ4n) is 4.69. The molecule has 0 spiro atoms. The molecular weight excluding hydrogens is 410 g/mol. The van der Waals surface area contributed by atoms with E-state index in [0.717, 1.165) is 49.2 Å². The Kier molecular flexibility index (Phi) is 7.30. The highest BCUT2D eigenvalue weighted by molar-refractivity contribution is 5.87. The fourth-order valence-corrected chi connectivity index (χ4v) is 4.69. The summed E-state index contributed by atoms with van der Waals surface area (Å²) in [6.45, 7) is 7.42. The van der Waals surface area contributed by atoms with Gasteiger partial charge in [0.1, 0.15) is 5.75 Å². The van der Waals surface area contributed by atoms with Crippen LogP contribution in [0, 0.1) is 13.8 Å². The van der Waals surface area contributed by atoms with Crippen LogP contribution in [0.3, 0.4) is 0 Å². The summed E-state index contributed by atoms with van der Waals surface area (Å²) in [6.07, 6.45) is 11.6. The summed E-state index contributed by atoms with van der Waals surface area (Å²) in [4.78, 5) is 17.9. The molecule has 172 valence electrons. The molecule has 0 bridgehead atoms. The Morgan fingerprint density at radius 3 is 2.64 bits per heavy atom. The summed E-state index contributed by atoms with van der Waals surface area (Å²) >= 11 is 0. The number of aromatic amines is 1. The third-order valence-electron chi connectivity index (χ3n) is 6.54. The van der Waals surface area contributed by atoms with E-state index < -0.39 is 0 Å². The van der Waals surface area contributed by atoms with Gasteiger partial charge < -0.3 is 20.3 Å². The van der Waals surface area contributed by atoms with Gasteiger partial charge in [-0.2, -0.15) is 0 Å². The minimum Gasteiger partial charge on any atom is -0.507 e. The molecule has 33 heavy (non-hydrogen) atoms. The standard InChI is InChI=1S/C28H33N3O2/c1-20-17-22(18-21(2)28(20)33)7-3-6-10-27(32)29-13-16-31-14-11-23(12-15-31)25-19-30-26-9-5-4-8-24(25)26/h3-10,17-19,23,30,33H,11-16H2,1-2H3,(H,29,32)/b7-3+,10-6+. The van der Waals surface area contributed by atoms with Gasteiger partial charge in [0.05, 0.1) is 0 Å². The second kappa shape index (κ2) is 10.5. The maximum absolute atomic E-state index is 12.1. The third-order valence-corrected chi connectivity index (χ3v) is 6.54. The van der Waals surface area contributed by atoms with Gasteiger partial charge in [0, 0.05) is 36.3 Å². The van der Waals surface area contributed by atoms with Crippen molar-refractivity contribution in [2.45, 2.75) is 32.6 Å². The highest BCUT2D eigenvalue weighted by atomic mass is 16.3. The number of allylic oxidation sites excluding steroid dienone is 2. The summed E-state index contributed by atoms with van der Waals surface area (Å²) in [7, 11) is 0. The Labute approximate surface area is 195 Å². The van der Waals surface area contributed by atoms with Crippen LogP contribution in [0.1, 0.15) is 41.0 Å². The van der Waals surface area contributed by atoms with Gasteiger partial charge in [-0.25, -0.2) is 0 Å². The van der Waals surface area contributed by atoms with Crippen molar-refractivity contribution < 1.29 is 9.90 Å². The lowest BCUT2D eigenvalue weighted by atomic mass is 9.89.